The number of anilines is 3. The van der Waals surface area contributed by atoms with E-state index in [4.69, 9.17) is 11.5 Å². The van der Waals surface area contributed by atoms with Crippen molar-refractivity contribution in [2.24, 2.45) is 16.5 Å². The molecule has 0 aliphatic carbocycles. The van der Waals surface area contributed by atoms with E-state index in [1.54, 1.807) is 13.1 Å². The maximum absolute atomic E-state index is 11.6. The van der Waals surface area contributed by atoms with Gasteiger partial charge in [0.1, 0.15) is 11.4 Å². The van der Waals surface area contributed by atoms with Gasteiger partial charge in [-0.25, -0.2) is 4.98 Å². The molecule has 0 bridgehead atoms. The summed E-state index contributed by atoms with van der Waals surface area (Å²) in [6, 6.07) is 7.32. The molecule has 0 aliphatic heterocycles. The summed E-state index contributed by atoms with van der Waals surface area (Å²) in [5.41, 5.74) is 12.4. The number of nitrogens with one attached hydrogen (secondary N) is 2. The average molecular weight is 342 g/mol. The standard InChI is InChI=1S/C15H14N6O2S/c1-18-10-11(13(23)12(10)22)19-8-4-2-3-7(5-8)9-6-24-15(20-9)21-14(16)17/h2-6,18-19H,1H3,(H4,16,17,20,21). The fourth-order valence-electron chi connectivity index (χ4n) is 2.21. The normalized spacial score (nSPS) is 10.5. The molecule has 24 heavy (non-hydrogen) atoms. The minimum absolute atomic E-state index is 0.0500. The first-order chi connectivity index (χ1) is 11.5. The van der Waals surface area contributed by atoms with Gasteiger partial charge in [-0.3, -0.25) is 9.59 Å². The van der Waals surface area contributed by atoms with Crippen molar-refractivity contribution in [1.82, 2.24) is 4.98 Å². The lowest BCUT2D eigenvalue weighted by atomic mass is 10.1. The fraction of sp³-hybridized carbons (Fsp3) is 0.0667. The molecule has 2 aromatic carbocycles. The molecule has 0 radical (unpaired) electrons. The van der Waals surface area contributed by atoms with E-state index in [-0.39, 0.29) is 17.3 Å². The molecular formula is C15H14N6O2S. The first-order valence-corrected chi connectivity index (χ1v) is 7.81. The Morgan fingerprint density at radius 3 is 2.67 bits per heavy atom. The molecule has 0 aliphatic rings. The van der Waals surface area contributed by atoms with Crippen LogP contribution < -0.4 is 33.0 Å². The van der Waals surface area contributed by atoms with Gasteiger partial charge in [0, 0.05) is 23.7 Å². The molecule has 1 heterocycles. The van der Waals surface area contributed by atoms with Crippen LogP contribution in [-0.2, 0) is 0 Å². The van der Waals surface area contributed by atoms with Gasteiger partial charge in [0.25, 0.3) is 10.9 Å². The number of nitrogens with zero attached hydrogens (tertiary/aromatic N) is 2. The van der Waals surface area contributed by atoms with Crippen molar-refractivity contribution in [3.8, 4) is 11.3 Å². The molecule has 9 heteroatoms. The summed E-state index contributed by atoms with van der Waals surface area (Å²) < 4.78 is 0. The summed E-state index contributed by atoms with van der Waals surface area (Å²) >= 11 is 1.32. The maximum atomic E-state index is 11.6. The van der Waals surface area contributed by atoms with Crippen molar-refractivity contribution in [3.05, 3.63) is 50.1 Å². The third-order valence-corrected chi connectivity index (χ3v) is 4.04. The molecule has 8 nitrogen and oxygen atoms in total. The largest absolute Gasteiger partial charge is 0.383 e. The molecule has 1 aromatic heterocycles. The van der Waals surface area contributed by atoms with Gasteiger partial charge in [0.2, 0.25) is 5.13 Å². The Balaban J connectivity index is 1.88. The Kier molecular flexibility index (Phi) is 4.00. The Morgan fingerprint density at radius 2 is 1.96 bits per heavy atom. The summed E-state index contributed by atoms with van der Waals surface area (Å²) in [7, 11) is 1.60. The zero-order valence-corrected chi connectivity index (χ0v) is 13.5. The third kappa shape index (κ3) is 2.84. The van der Waals surface area contributed by atoms with Crippen molar-refractivity contribution in [3.63, 3.8) is 0 Å². The highest BCUT2D eigenvalue weighted by Gasteiger charge is 2.19. The number of aliphatic imine (C=N–C) groups is 1. The molecule has 3 rings (SSSR count). The van der Waals surface area contributed by atoms with Gasteiger partial charge in [0.05, 0.1) is 5.69 Å². The summed E-state index contributed by atoms with van der Waals surface area (Å²) in [6.45, 7) is 0. The number of hydrogen-bond acceptors (Lipinski definition) is 7. The zero-order chi connectivity index (χ0) is 17.3. The number of benzene rings is 1. The lowest BCUT2D eigenvalue weighted by Gasteiger charge is -2.13. The Bertz CT molecular complexity index is 996. The summed E-state index contributed by atoms with van der Waals surface area (Å²) in [5.74, 6) is -0.0500. The molecule has 0 atom stereocenters. The van der Waals surface area contributed by atoms with E-state index in [1.165, 1.54) is 11.3 Å². The first kappa shape index (κ1) is 15.7. The molecule has 122 valence electrons. The van der Waals surface area contributed by atoms with Gasteiger partial charge < -0.3 is 22.1 Å². The minimum atomic E-state index is -0.534. The molecule has 0 saturated carbocycles. The van der Waals surface area contributed by atoms with E-state index in [0.29, 0.717) is 16.5 Å². The first-order valence-electron chi connectivity index (χ1n) is 6.93. The van der Waals surface area contributed by atoms with Crippen molar-refractivity contribution in [2.75, 3.05) is 17.7 Å². The second-order valence-electron chi connectivity index (χ2n) is 4.92. The van der Waals surface area contributed by atoms with Crippen LogP contribution in [0, 0.1) is 0 Å². The quantitative estimate of drug-likeness (QED) is 0.310. The van der Waals surface area contributed by atoms with Crippen molar-refractivity contribution >= 4 is 39.5 Å². The molecule has 0 unspecified atom stereocenters. The van der Waals surface area contributed by atoms with E-state index >= 15 is 0 Å². The van der Waals surface area contributed by atoms with Crippen LogP contribution in [0.15, 0.2) is 44.2 Å². The number of rotatable bonds is 5. The molecule has 0 saturated heterocycles. The minimum Gasteiger partial charge on any atom is -0.383 e. The van der Waals surface area contributed by atoms with E-state index in [2.05, 4.69) is 20.6 Å². The molecular weight excluding hydrogens is 328 g/mol. The van der Waals surface area contributed by atoms with Crippen LogP contribution in [0.5, 0.6) is 0 Å². The van der Waals surface area contributed by atoms with Gasteiger partial charge in [-0.2, -0.15) is 4.99 Å². The highest BCUT2D eigenvalue weighted by atomic mass is 32.1. The van der Waals surface area contributed by atoms with Gasteiger partial charge in [-0.1, -0.05) is 12.1 Å². The highest BCUT2D eigenvalue weighted by molar-refractivity contribution is 7.13. The number of aromatic nitrogens is 1. The SMILES string of the molecule is CNc1c(Nc2cccc(-c3csc(N=C(N)N)n3)c2)c(=O)c1=O. The van der Waals surface area contributed by atoms with Gasteiger partial charge in [-0.05, 0) is 12.1 Å². The van der Waals surface area contributed by atoms with Gasteiger partial charge >= 0.3 is 0 Å². The predicted octanol–water partition coefficient (Wildman–Crippen LogP) is 1.10. The van der Waals surface area contributed by atoms with Crippen molar-refractivity contribution in [1.29, 1.82) is 0 Å². The summed E-state index contributed by atoms with van der Waals surface area (Å²) in [4.78, 5) is 31.3. The molecule has 0 amide bonds. The van der Waals surface area contributed by atoms with E-state index in [1.807, 2.05) is 23.6 Å². The van der Waals surface area contributed by atoms with Crippen LogP contribution in [0.25, 0.3) is 11.3 Å². The number of thiazole rings is 1. The Morgan fingerprint density at radius 1 is 1.21 bits per heavy atom. The second-order valence-corrected chi connectivity index (χ2v) is 5.75. The third-order valence-electron chi connectivity index (χ3n) is 3.30. The van der Waals surface area contributed by atoms with E-state index in [9.17, 15) is 9.59 Å². The summed E-state index contributed by atoms with van der Waals surface area (Å²) in [5, 5.41) is 7.97. The van der Waals surface area contributed by atoms with Crippen LogP contribution in [0.2, 0.25) is 0 Å². The molecule has 3 aromatic rings. The smallest absolute Gasteiger partial charge is 0.253 e. The Hall–Kier alpha value is -3.20. The van der Waals surface area contributed by atoms with E-state index < -0.39 is 10.9 Å². The topological polar surface area (TPSA) is 135 Å². The van der Waals surface area contributed by atoms with Crippen LogP contribution in [0.1, 0.15) is 0 Å². The van der Waals surface area contributed by atoms with Crippen LogP contribution in [0.3, 0.4) is 0 Å². The van der Waals surface area contributed by atoms with Gasteiger partial charge in [0.15, 0.2) is 5.96 Å². The Labute approximate surface area is 140 Å². The fourth-order valence-corrected chi connectivity index (χ4v) is 2.92. The lowest BCUT2D eigenvalue weighted by molar-refractivity contribution is 1.32. The van der Waals surface area contributed by atoms with Crippen molar-refractivity contribution < 1.29 is 0 Å². The second kappa shape index (κ2) is 6.13. The average Bonchev–Trinajstić information content (AvgIpc) is 3.02. The highest BCUT2D eigenvalue weighted by Crippen LogP contribution is 2.29. The van der Waals surface area contributed by atoms with Gasteiger partial charge in [-0.15, -0.1) is 11.3 Å². The number of guanidine groups is 1. The van der Waals surface area contributed by atoms with Crippen molar-refractivity contribution in [2.45, 2.75) is 0 Å². The maximum Gasteiger partial charge on any atom is 0.253 e. The number of nitrogens with two attached hydrogens (primary N) is 2. The molecule has 0 spiro atoms. The summed E-state index contributed by atoms with van der Waals surface area (Å²) in [6.07, 6.45) is 0. The molecule has 6 N–H and O–H groups in total. The zero-order valence-electron chi connectivity index (χ0n) is 12.7. The van der Waals surface area contributed by atoms with Crippen LogP contribution in [-0.4, -0.2) is 18.0 Å². The lowest BCUT2D eigenvalue weighted by Crippen LogP contribution is -2.35. The van der Waals surface area contributed by atoms with Crippen LogP contribution in [0.4, 0.5) is 22.2 Å². The molecule has 0 fully saturated rings. The number of hydrogen-bond donors (Lipinski definition) is 4. The van der Waals surface area contributed by atoms with E-state index in [0.717, 1.165) is 5.56 Å². The monoisotopic (exact) mass is 342 g/mol. The van der Waals surface area contributed by atoms with Crippen LogP contribution >= 0.6 is 11.3 Å². The predicted molar refractivity (Wildman–Crippen MR) is 97.2 cm³/mol.